The van der Waals surface area contributed by atoms with Crippen LogP contribution in [0.3, 0.4) is 0 Å². The Morgan fingerprint density at radius 2 is 1.95 bits per heavy atom. The van der Waals surface area contributed by atoms with E-state index in [1.165, 1.54) is 0 Å². The Morgan fingerprint density at radius 3 is 2.42 bits per heavy atom. The van der Waals surface area contributed by atoms with E-state index in [1.54, 1.807) is 12.0 Å². The second-order valence-corrected chi connectivity index (χ2v) is 4.26. The molecule has 19 heavy (non-hydrogen) atoms. The maximum absolute atomic E-state index is 11.9. The van der Waals surface area contributed by atoms with E-state index in [1.807, 2.05) is 52.0 Å². The summed E-state index contributed by atoms with van der Waals surface area (Å²) in [4.78, 5) is 13.6. The number of alkyl halides is 1. The second kappa shape index (κ2) is 9.82. The van der Waals surface area contributed by atoms with Crippen molar-refractivity contribution in [3.63, 3.8) is 0 Å². The molecule has 0 bridgehead atoms. The van der Waals surface area contributed by atoms with Crippen LogP contribution in [0.5, 0.6) is 0 Å². The van der Waals surface area contributed by atoms with Crippen LogP contribution in [-0.4, -0.2) is 31.5 Å². The first kappa shape index (κ1) is 17.9. The lowest BCUT2D eigenvalue weighted by Crippen LogP contribution is -2.42. The molecule has 1 unspecified atom stereocenters. The Balaban J connectivity index is 0.00000154. The van der Waals surface area contributed by atoms with Gasteiger partial charge in [0, 0.05) is 12.8 Å². The first-order valence-electron chi connectivity index (χ1n) is 6.54. The molecular formula is C15H24ClNO2. The van der Waals surface area contributed by atoms with Crippen molar-refractivity contribution in [3.05, 3.63) is 29.8 Å². The summed E-state index contributed by atoms with van der Waals surface area (Å²) in [6.45, 7) is 8.40. The van der Waals surface area contributed by atoms with E-state index < -0.39 is 0 Å². The minimum atomic E-state index is -0.106. The number of amides is 1. The fourth-order valence-corrected chi connectivity index (χ4v) is 1.96. The van der Waals surface area contributed by atoms with Crippen molar-refractivity contribution in [3.8, 4) is 0 Å². The van der Waals surface area contributed by atoms with Crippen LogP contribution in [0.4, 0.5) is 5.69 Å². The summed E-state index contributed by atoms with van der Waals surface area (Å²) in [6, 6.07) is 7.72. The van der Waals surface area contributed by atoms with Gasteiger partial charge >= 0.3 is 0 Å². The van der Waals surface area contributed by atoms with Gasteiger partial charge in [-0.15, -0.1) is 11.6 Å². The largest absolute Gasteiger partial charge is 0.383 e. The molecule has 0 N–H and O–H groups in total. The smallest absolute Gasteiger partial charge is 0.242 e. The number of aryl methyl sites for hydroxylation is 1. The Labute approximate surface area is 121 Å². The van der Waals surface area contributed by atoms with E-state index in [0.29, 0.717) is 6.61 Å². The van der Waals surface area contributed by atoms with Crippen molar-refractivity contribution >= 4 is 23.2 Å². The van der Waals surface area contributed by atoms with E-state index >= 15 is 0 Å². The van der Waals surface area contributed by atoms with Gasteiger partial charge in [0.05, 0.1) is 12.6 Å². The number of hydrogen-bond donors (Lipinski definition) is 0. The number of nitrogens with zero attached hydrogens (tertiary/aromatic N) is 1. The summed E-state index contributed by atoms with van der Waals surface area (Å²) in [5, 5.41) is 0. The molecule has 0 radical (unpaired) electrons. The molecule has 0 spiro atoms. The molecule has 1 aromatic carbocycles. The molecule has 0 aliphatic heterocycles. The summed E-state index contributed by atoms with van der Waals surface area (Å²) >= 11 is 5.66. The molecule has 1 amide bonds. The van der Waals surface area contributed by atoms with Gasteiger partial charge in [0.2, 0.25) is 5.91 Å². The highest BCUT2D eigenvalue weighted by molar-refractivity contribution is 6.29. The number of rotatable bonds is 5. The molecular weight excluding hydrogens is 262 g/mol. The molecule has 0 aromatic heterocycles. The van der Waals surface area contributed by atoms with E-state index in [4.69, 9.17) is 16.3 Å². The van der Waals surface area contributed by atoms with Gasteiger partial charge in [-0.2, -0.15) is 0 Å². The van der Waals surface area contributed by atoms with Crippen LogP contribution in [-0.2, 0) is 9.53 Å². The van der Waals surface area contributed by atoms with Crippen LogP contribution >= 0.6 is 11.6 Å². The Bertz CT molecular complexity index is 382. The van der Waals surface area contributed by atoms with Gasteiger partial charge in [0.25, 0.3) is 0 Å². The van der Waals surface area contributed by atoms with Crippen LogP contribution in [0.25, 0.3) is 0 Å². The van der Waals surface area contributed by atoms with Crippen molar-refractivity contribution in [2.75, 3.05) is 24.5 Å². The molecule has 0 heterocycles. The number of halogens is 1. The molecule has 1 rings (SSSR count). The van der Waals surface area contributed by atoms with E-state index in [9.17, 15) is 4.79 Å². The number of carbonyl (C=O) groups is 1. The molecule has 0 aliphatic carbocycles. The zero-order chi connectivity index (χ0) is 14.8. The van der Waals surface area contributed by atoms with Crippen molar-refractivity contribution in [1.29, 1.82) is 0 Å². The molecule has 108 valence electrons. The average Bonchev–Trinajstić information content (AvgIpc) is 2.43. The maximum Gasteiger partial charge on any atom is 0.242 e. The van der Waals surface area contributed by atoms with Gasteiger partial charge in [-0.3, -0.25) is 4.79 Å². The highest BCUT2D eigenvalue weighted by atomic mass is 35.5. The summed E-state index contributed by atoms with van der Waals surface area (Å²) in [7, 11) is 1.62. The molecule has 0 saturated heterocycles. The number of carbonyl (C=O) groups excluding carboxylic acids is 1. The minimum Gasteiger partial charge on any atom is -0.383 e. The lowest BCUT2D eigenvalue weighted by molar-refractivity contribution is -0.116. The van der Waals surface area contributed by atoms with Gasteiger partial charge in [-0.05, 0) is 25.5 Å². The van der Waals surface area contributed by atoms with Crippen LogP contribution in [0, 0.1) is 6.92 Å². The topological polar surface area (TPSA) is 29.5 Å². The molecule has 1 atom stereocenters. The van der Waals surface area contributed by atoms with Gasteiger partial charge in [0.15, 0.2) is 0 Å². The molecule has 0 aliphatic rings. The fourth-order valence-electron chi connectivity index (χ4n) is 1.83. The quantitative estimate of drug-likeness (QED) is 0.773. The number of benzene rings is 1. The summed E-state index contributed by atoms with van der Waals surface area (Å²) in [6.07, 6.45) is 0. The molecule has 0 fully saturated rings. The van der Waals surface area contributed by atoms with E-state index in [-0.39, 0.29) is 17.8 Å². The summed E-state index contributed by atoms with van der Waals surface area (Å²) in [5.74, 6) is -0.131. The third kappa shape index (κ3) is 5.21. The van der Waals surface area contributed by atoms with E-state index in [0.717, 1.165) is 11.3 Å². The number of hydrogen-bond acceptors (Lipinski definition) is 2. The molecule has 3 nitrogen and oxygen atoms in total. The zero-order valence-corrected chi connectivity index (χ0v) is 13.2. The monoisotopic (exact) mass is 285 g/mol. The van der Waals surface area contributed by atoms with Crippen LogP contribution in [0.1, 0.15) is 26.3 Å². The number of ether oxygens (including phenoxy) is 1. The summed E-state index contributed by atoms with van der Waals surface area (Å²) < 4.78 is 5.10. The first-order chi connectivity index (χ1) is 9.11. The predicted molar refractivity (Wildman–Crippen MR) is 82.1 cm³/mol. The summed E-state index contributed by atoms with van der Waals surface area (Å²) in [5.41, 5.74) is 1.94. The zero-order valence-electron chi connectivity index (χ0n) is 12.4. The van der Waals surface area contributed by atoms with Crippen LogP contribution < -0.4 is 4.90 Å². The Morgan fingerprint density at radius 1 is 1.37 bits per heavy atom. The van der Waals surface area contributed by atoms with Gasteiger partial charge < -0.3 is 9.64 Å². The highest BCUT2D eigenvalue weighted by Gasteiger charge is 2.22. The average molecular weight is 286 g/mol. The minimum absolute atomic E-state index is 0.0254. The Hall–Kier alpha value is -1.06. The lowest BCUT2D eigenvalue weighted by Gasteiger charge is -2.29. The van der Waals surface area contributed by atoms with Crippen molar-refractivity contribution in [2.24, 2.45) is 0 Å². The van der Waals surface area contributed by atoms with Crippen LogP contribution in [0.15, 0.2) is 24.3 Å². The third-order valence-corrected chi connectivity index (χ3v) is 2.84. The number of anilines is 1. The van der Waals surface area contributed by atoms with E-state index in [2.05, 4.69) is 0 Å². The third-order valence-electron chi connectivity index (χ3n) is 2.61. The Kier molecular flexibility index (Phi) is 9.27. The van der Waals surface area contributed by atoms with Crippen LogP contribution in [0.2, 0.25) is 0 Å². The van der Waals surface area contributed by atoms with Gasteiger partial charge in [0.1, 0.15) is 5.88 Å². The second-order valence-electron chi connectivity index (χ2n) is 3.99. The molecule has 4 heteroatoms. The predicted octanol–water partition coefficient (Wildman–Crippen LogP) is 3.63. The van der Waals surface area contributed by atoms with Crippen molar-refractivity contribution in [1.82, 2.24) is 0 Å². The van der Waals surface area contributed by atoms with Crippen molar-refractivity contribution < 1.29 is 9.53 Å². The highest BCUT2D eigenvalue weighted by Crippen LogP contribution is 2.22. The molecule has 1 aromatic rings. The maximum atomic E-state index is 11.9. The van der Waals surface area contributed by atoms with Gasteiger partial charge in [-0.25, -0.2) is 0 Å². The number of para-hydroxylation sites is 1. The standard InChI is InChI=1S/C13H18ClNO2.C2H6/c1-10-6-4-5-7-12(10)15(13(16)8-14)11(2)9-17-3;1-2/h4-7,11H,8-9H2,1-3H3;1-2H3. The van der Waals surface area contributed by atoms with Crippen molar-refractivity contribution in [2.45, 2.75) is 33.7 Å². The molecule has 0 saturated carbocycles. The normalized spacial score (nSPS) is 11.3. The first-order valence-corrected chi connectivity index (χ1v) is 7.07. The SMILES string of the molecule is CC.COCC(C)N(C(=O)CCl)c1ccccc1C. The number of methoxy groups -OCH3 is 1. The fraction of sp³-hybridized carbons (Fsp3) is 0.533. The van der Waals surface area contributed by atoms with Gasteiger partial charge in [-0.1, -0.05) is 32.0 Å². The lowest BCUT2D eigenvalue weighted by atomic mass is 10.1.